The molecule has 0 N–H and O–H groups in total. The van der Waals surface area contributed by atoms with Crippen LogP contribution in [0.2, 0.25) is 0 Å². The van der Waals surface area contributed by atoms with Gasteiger partial charge in [-0.25, -0.2) is 9.97 Å². The summed E-state index contributed by atoms with van der Waals surface area (Å²) in [7, 11) is 4.02. The second-order valence-electron chi connectivity index (χ2n) is 7.80. The highest BCUT2D eigenvalue weighted by molar-refractivity contribution is 5.81. The summed E-state index contributed by atoms with van der Waals surface area (Å²) in [6.45, 7) is 7.38. The van der Waals surface area contributed by atoms with E-state index in [-0.39, 0.29) is 12.3 Å². The van der Waals surface area contributed by atoms with Crippen molar-refractivity contribution in [2.45, 2.75) is 40.0 Å². The smallest absolute Gasteiger partial charge is 0.237 e. The first kappa shape index (κ1) is 24.0. The summed E-state index contributed by atoms with van der Waals surface area (Å²) in [6.07, 6.45) is 7.37. The van der Waals surface area contributed by atoms with E-state index in [4.69, 9.17) is 5.26 Å². The highest BCUT2D eigenvalue weighted by atomic mass is 16.2. The number of pyridine rings is 1. The van der Waals surface area contributed by atoms with Gasteiger partial charge in [-0.2, -0.15) is 5.26 Å². The predicted octanol–water partition coefficient (Wildman–Crippen LogP) is 4.85. The number of benzene rings is 1. The standard InChI is InChI=1S/C24H26N6O.C2H6/c1-4-17-13-19(18-8-11-30(12-9-18)24(31)7-10-25)5-6-21(17)29(3)23-14-22-20(15-26-23)27-16-28(22)2;1-2/h5-6,8,13-16H,4,7,9,11-12H2,1-3H3;1-2H3. The van der Waals surface area contributed by atoms with E-state index < -0.39 is 0 Å². The Morgan fingerprint density at radius 2 is 2.03 bits per heavy atom. The maximum atomic E-state index is 11.9. The monoisotopic (exact) mass is 444 g/mol. The number of hydrogen-bond donors (Lipinski definition) is 0. The van der Waals surface area contributed by atoms with Crippen LogP contribution in [-0.2, 0) is 18.3 Å². The highest BCUT2D eigenvalue weighted by Gasteiger charge is 2.19. The van der Waals surface area contributed by atoms with Gasteiger partial charge in [0.05, 0.1) is 24.1 Å². The van der Waals surface area contributed by atoms with E-state index in [1.54, 1.807) is 11.2 Å². The van der Waals surface area contributed by atoms with Crippen molar-refractivity contribution in [1.29, 1.82) is 5.26 Å². The first-order valence-electron chi connectivity index (χ1n) is 11.5. The SMILES string of the molecule is CC.CCc1cc(C2=CCN(C(=O)CC#N)CC2)ccc1N(C)c1cc2c(cn1)ncn2C. The van der Waals surface area contributed by atoms with Crippen LogP contribution >= 0.6 is 0 Å². The van der Waals surface area contributed by atoms with E-state index in [0.29, 0.717) is 13.1 Å². The summed E-state index contributed by atoms with van der Waals surface area (Å²) in [5.41, 5.74) is 6.75. The zero-order valence-corrected chi connectivity index (χ0v) is 20.2. The molecule has 1 aliphatic rings. The van der Waals surface area contributed by atoms with Crippen molar-refractivity contribution in [1.82, 2.24) is 19.4 Å². The van der Waals surface area contributed by atoms with Gasteiger partial charge < -0.3 is 14.4 Å². The topological polar surface area (TPSA) is 78.1 Å². The van der Waals surface area contributed by atoms with Crippen LogP contribution in [0.5, 0.6) is 0 Å². The third kappa shape index (κ3) is 5.06. The molecule has 1 aliphatic heterocycles. The average Bonchev–Trinajstić information content (AvgIpc) is 3.24. The Morgan fingerprint density at radius 3 is 2.70 bits per heavy atom. The largest absolute Gasteiger partial charge is 0.338 e. The van der Waals surface area contributed by atoms with Crippen molar-refractivity contribution in [3.8, 4) is 6.07 Å². The average molecular weight is 445 g/mol. The van der Waals surface area contributed by atoms with Crippen LogP contribution in [-0.4, -0.2) is 45.5 Å². The van der Waals surface area contributed by atoms with Gasteiger partial charge in [-0.1, -0.05) is 32.9 Å². The van der Waals surface area contributed by atoms with Crippen LogP contribution in [0.15, 0.2) is 42.9 Å². The van der Waals surface area contributed by atoms with Crippen molar-refractivity contribution in [2.24, 2.45) is 7.05 Å². The van der Waals surface area contributed by atoms with Crippen molar-refractivity contribution >= 4 is 34.0 Å². The van der Waals surface area contributed by atoms with Crippen molar-refractivity contribution in [3.05, 3.63) is 54.0 Å². The van der Waals surface area contributed by atoms with Gasteiger partial charge in [0.15, 0.2) is 0 Å². The van der Waals surface area contributed by atoms with Crippen LogP contribution in [0.3, 0.4) is 0 Å². The number of anilines is 2. The van der Waals surface area contributed by atoms with Gasteiger partial charge in [0.25, 0.3) is 0 Å². The molecule has 3 heterocycles. The first-order chi connectivity index (χ1) is 16.0. The van der Waals surface area contributed by atoms with Gasteiger partial charge in [-0.3, -0.25) is 4.79 Å². The maximum absolute atomic E-state index is 11.9. The third-order valence-corrected chi connectivity index (χ3v) is 5.93. The molecule has 4 rings (SSSR count). The molecule has 33 heavy (non-hydrogen) atoms. The van der Waals surface area contributed by atoms with E-state index in [0.717, 1.165) is 35.4 Å². The van der Waals surface area contributed by atoms with Gasteiger partial charge in [-0.05, 0) is 41.7 Å². The summed E-state index contributed by atoms with van der Waals surface area (Å²) >= 11 is 0. The molecule has 3 aromatic rings. The first-order valence-corrected chi connectivity index (χ1v) is 11.5. The molecular formula is C26H32N6O. The van der Waals surface area contributed by atoms with Gasteiger partial charge in [0.1, 0.15) is 17.8 Å². The Bertz CT molecular complexity index is 1200. The maximum Gasteiger partial charge on any atom is 0.237 e. The molecule has 0 fully saturated rings. The molecule has 7 nitrogen and oxygen atoms in total. The van der Waals surface area contributed by atoms with Crippen LogP contribution in [0.25, 0.3) is 16.6 Å². The fraction of sp³-hybridized carbons (Fsp3) is 0.385. The fourth-order valence-electron chi connectivity index (χ4n) is 4.06. The normalized spacial score (nSPS) is 13.1. The summed E-state index contributed by atoms with van der Waals surface area (Å²) in [4.78, 5) is 24.8. The second kappa shape index (κ2) is 10.8. The number of hydrogen-bond acceptors (Lipinski definition) is 5. The molecule has 0 saturated heterocycles. The molecule has 0 spiro atoms. The van der Waals surface area contributed by atoms with E-state index in [1.807, 2.05) is 44.8 Å². The van der Waals surface area contributed by atoms with Gasteiger partial charge in [0.2, 0.25) is 5.91 Å². The fourth-order valence-corrected chi connectivity index (χ4v) is 4.06. The molecule has 0 unspecified atom stereocenters. The number of aromatic nitrogens is 3. The number of carbonyl (C=O) groups excluding carboxylic acids is 1. The van der Waals surface area contributed by atoms with Gasteiger partial charge in [-0.15, -0.1) is 0 Å². The molecule has 0 aliphatic carbocycles. The Labute approximate surface area is 196 Å². The van der Waals surface area contributed by atoms with Crippen LogP contribution in [0, 0.1) is 11.3 Å². The summed E-state index contributed by atoms with van der Waals surface area (Å²) in [5.74, 6) is 0.781. The van der Waals surface area contributed by atoms with E-state index in [9.17, 15) is 4.79 Å². The lowest BCUT2D eigenvalue weighted by molar-refractivity contribution is -0.129. The number of nitriles is 1. The predicted molar refractivity (Wildman–Crippen MR) is 133 cm³/mol. The number of nitrogens with zero attached hydrogens (tertiary/aromatic N) is 6. The second-order valence-corrected chi connectivity index (χ2v) is 7.80. The third-order valence-electron chi connectivity index (χ3n) is 5.93. The Hall–Kier alpha value is -3.66. The minimum absolute atomic E-state index is 0.0527. The van der Waals surface area contributed by atoms with Crippen molar-refractivity contribution < 1.29 is 4.79 Å². The number of imidazole rings is 1. The molecule has 1 aromatic carbocycles. The van der Waals surface area contributed by atoms with Crippen LogP contribution < -0.4 is 4.90 Å². The van der Waals surface area contributed by atoms with E-state index in [2.05, 4.69) is 52.1 Å². The van der Waals surface area contributed by atoms with Gasteiger partial charge in [0, 0.05) is 38.9 Å². The number of fused-ring (bicyclic) bond motifs is 1. The molecule has 172 valence electrons. The summed E-state index contributed by atoms with van der Waals surface area (Å²) < 4.78 is 2.00. The summed E-state index contributed by atoms with van der Waals surface area (Å²) in [6, 6.07) is 10.5. The highest BCUT2D eigenvalue weighted by Crippen LogP contribution is 2.32. The lowest BCUT2D eigenvalue weighted by Crippen LogP contribution is -2.34. The van der Waals surface area contributed by atoms with Crippen molar-refractivity contribution in [2.75, 3.05) is 25.0 Å². The molecule has 0 saturated carbocycles. The summed E-state index contributed by atoms with van der Waals surface area (Å²) in [5, 5.41) is 8.74. The number of rotatable bonds is 5. The molecule has 1 amide bonds. The van der Waals surface area contributed by atoms with Crippen molar-refractivity contribution in [3.63, 3.8) is 0 Å². The minimum Gasteiger partial charge on any atom is -0.338 e. The minimum atomic E-state index is -0.0955. The van der Waals surface area contributed by atoms with Crippen LogP contribution in [0.1, 0.15) is 44.7 Å². The molecular weight excluding hydrogens is 412 g/mol. The Kier molecular flexibility index (Phi) is 7.83. The van der Waals surface area contributed by atoms with E-state index in [1.165, 1.54) is 16.7 Å². The lowest BCUT2D eigenvalue weighted by Gasteiger charge is -2.27. The Morgan fingerprint density at radius 1 is 1.24 bits per heavy atom. The van der Waals surface area contributed by atoms with Crippen LogP contribution in [0.4, 0.5) is 11.5 Å². The van der Waals surface area contributed by atoms with E-state index >= 15 is 0 Å². The molecule has 0 bridgehead atoms. The zero-order chi connectivity index (χ0) is 24.0. The lowest BCUT2D eigenvalue weighted by atomic mass is 9.96. The quantitative estimate of drug-likeness (QED) is 0.562. The number of aryl methyl sites for hydroxylation is 2. The molecule has 2 aromatic heterocycles. The molecule has 7 heteroatoms. The Balaban J connectivity index is 0.00000149. The number of amides is 1. The van der Waals surface area contributed by atoms with Gasteiger partial charge >= 0.3 is 0 Å². The number of carbonyl (C=O) groups is 1. The molecule has 0 atom stereocenters. The zero-order valence-electron chi connectivity index (χ0n) is 20.2. The molecule has 0 radical (unpaired) electrons.